The van der Waals surface area contributed by atoms with Gasteiger partial charge in [0.15, 0.2) is 0 Å². The monoisotopic (exact) mass is 355 g/mol. The van der Waals surface area contributed by atoms with Crippen LogP contribution in [0.5, 0.6) is 0 Å². The Bertz CT molecular complexity index is 645. The largest absolute Gasteiger partial charge is 0.315 e. The molecule has 0 aliphatic carbocycles. The number of benzene rings is 1. The third-order valence-corrected chi connectivity index (χ3v) is 5.09. The van der Waals surface area contributed by atoms with Crippen molar-refractivity contribution in [3.8, 4) is 0 Å². The minimum atomic E-state index is -3.88. The molecule has 1 aromatic carbocycles. The molecule has 1 saturated heterocycles. The molecule has 0 saturated carbocycles. The summed E-state index contributed by atoms with van der Waals surface area (Å²) in [5, 5.41) is 13.6. The Labute approximate surface area is 133 Å². The van der Waals surface area contributed by atoms with E-state index in [0.717, 1.165) is 6.54 Å². The van der Waals surface area contributed by atoms with E-state index in [2.05, 4.69) is 10.0 Å². The van der Waals surface area contributed by atoms with Crippen molar-refractivity contribution < 1.29 is 13.3 Å². The summed E-state index contributed by atoms with van der Waals surface area (Å²) in [6.45, 7) is 2.85. The highest BCUT2D eigenvalue weighted by atomic mass is 35.5. The number of nitrogens with zero attached hydrogens (tertiary/aromatic N) is 1. The Balaban J connectivity index is 0.00000220. The maximum absolute atomic E-state index is 12.3. The van der Waals surface area contributed by atoms with E-state index in [4.69, 9.17) is 11.6 Å². The molecule has 1 aliphatic rings. The van der Waals surface area contributed by atoms with Crippen LogP contribution in [0.1, 0.15) is 12.0 Å². The van der Waals surface area contributed by atoms with Crippen molar-refractivity contribution in [2.24, 2.45) is 0 Å². The number of hydrogen-bond donors (Lipinski definition) is 2. The molecular weight excluding hydrogens is 341 g/mol. The fourth-order valence-electron chi connectivity index (χ4n) is 2.08. The zero-order chi connectivity index (χ0) is 14.9. The van der Waals surface area contributed by atoms with Crippen molar-refractivity contribution in [1.29, 1.82) is 0 Å². The van der Waals surface area contributed by atoms with Crippen LogP contribution < -0.4 is 10.0 Å². The lowest BCUT2D eigenvalue weighted by molar-refractivity contribution is -0.385. The van der Waals surface area contributed by atoms with Gasteiger partial charge < -0.3 is 5.32 Å². The zero-order valence-electron chi connectivity index (χ0n) is 11.1. The Morgan fingerprint density at radius 2 is 2.14 bits per heavy atom. The van der Waals surface area contributed by atoms with E-state index in [-0.39, 0.29) is 28.4 Å². The number of aryl methyl sites for hydroxylation is 1. The number of nitro benzene ring substituents is 1. The van der Waals surface area contributed by atoms with Gasteiger partial charge in [-0.3, -0.25) is 10.1 Å². The van der Waals surface area contributed by atoms with Crippen molar-refractivity contribution in [2.75, 3.05) is 13.1 Å². The zero-order valence-corrected chi connectivity index (χ0v) is 13.5. The SMILES string of the molecule is Cc1cc([N+](=O)[O-])c(Cl)c(S(=O)(=O)NC2CCNC2)c1.Cl. The van der Waals surface area contributed by atoms with Gasteiger partial charge in [-0.25, -0.2) is 13.1 Å². The first-order valence-corrected chi connectivity index (χ1v) is 7.85. The van der Waals surface area contributed by atoms with E-state index in [9.17, 15) is 18.5 Å². The third kappa shape index (κ3) is 4.04. The molecule has 10 heteroatoms. The van der Waals surface area contributed by atoms with Gasteiger partial charge in [0.25, 0.3) is 5.69 Å². The summed E-state index contributed by atoms with van der Waals surface area (Å²) in [5.41, 5.74) is 0.0580. The third-order valence-electron chi connectivity index (χ3n) is 3.03. The van der Waals surface area contributed by atoms with Crippen LogP contribution >= 0.6 is 24.0 Å². The number of nitrogens with one attached hydrogen (secondary N) is 2. The molecule has 0 amide bonds. The summed E-state index contributed by atoms with van der Waals surface area (Å²) in [6.07, 6.45) is 0.671. The Morgan fingerprint density at radius 1 is 1.48 bits per heavy atom. The number of hydrogen-bond acceptors (Lipinski definition) is 5. The van der Waals surface area contributed by atoms with Crippen LogP contribution in [-0.4, -0.2) is 32.5 Å². The first-order chi connectivity index (χ1) is 9.31. The lowest BCUT2D eigenvalue weighted by Gasteiger charge is -2.13. The fraction of sp³-hybridized carbons (Fsp3) is 0.455. The number of sulfonamides is 1. The van der Waals surface area contributed by atoms with Crippen LogP contribution in [0, 0.1) is 17.0 Å². The lowest BCUT2D eigenvalue weighted by atomic mass is 10.2. The summed E-state index contributed by atoms with van der Waals surface area (Å²) >= 11 is 5.87. The normalized spacial score (nSPS) is 18.3. The second-order valence-electron chi connectivity index (χ2n) is 4.66. The van der Waals surface area contributed by atoms with E-state index < -0.39 is 20.6 Å². The van der Waals surface area contributed by atoms with Gasteiger partial charge in [0.2, 0.25) is 10.0 Å². The van der Waals surface area contributed by atoms with Gasteiger partial charge in [0, 0.05) is 18.7 Å². The highest BCUT2D eigenvalue weighted by Crippen LogP contribution is 2.32. The molecule has 0 aromatic heterocycles. The summed E-state index contributed by atoms with van der Waals surface area (Å²) in [6, 6.07) is 2.36. The van der Waals surface area contributed by atoms with Gasteiger partial charge in [-0.1, -0.05) is 11.6 Å². The maximum atomic E-state index is 12.3. The minimum absolute atomic E-state index is 0. The molecule has 0 bridgehead atoms. The van der Waals surface area contributed by atoms with E-state index in [0.29, 0.717) is 18.5 Å². The summed E-state index contributed by atoms with van der Waals surface area (Å²) in [5.74, 6) is 0. The molecule has 1 aromatic rings. The fourth-order valence-corrected chi connectivity index (χ4v) is 4.01. The van der Waals surface area contributed by atoms with Crippen LogP contribution in [0.3, 0.4) is 0 Å². The number of halogens is 2. The smallest absolute Gasteiger partial charge is 0.289 e. The van der Waals surface area contributed by atoms with Gasteiger partial charge in [0.05, 0.1) is 4.92 Å². The van der Waals surface area contributed by atoms with Gasteiger partial charge in [-0.05, 0) is 31.5 Å². The quantitative estimate of drug-likeness (QED) is 0.631. The average molecular weight is 356 g/mol. The van der Waals surface area contributed by atoms with E-state index >= 15 is 0 Å². The summed E-state index contributed by atoms with van der Waals surface area (Å²) in [7, 11) is -3.88. The molecule has 1 atom stereocenters. The van der Waals surface area contributed by atoms with E-state index in [1.807, 2.05) is 0 Å². The molecule has 1 unspecified atom stereocenters. The van der Waals surface area contributed by atoms with Crippen molar-refractivity contribution >= 4 is 39.7 Å². The second-order valence-corrected chi connectivity index (χ2v) is 6.72. The topological polar surface area (TPSA) is 101 Å². The van der Waals surface area contributed by atoms with Gasteiger partial charge in [0.1, 0.15) is 9.92 Å². The Hall–Kier alpha value is -0.930. The van der Waals surface area contributed by atoms with Crippen molar-refractivity contribution in [3.63, 3.8) is 0 Å². The second kappa shape index (κ2) is 6.89. The number of nitro groups is 1. The number of rotatable bonds is 4. The average Bonchev–Trinajstić information content (AvgIpc) is 2.83. The molecule has 1 fully saturated rings. The summed E-state index contributed by atoms with van der Waals surface area (Å²) in [4.78, 5) is 9.95. The summed E-state index contributed by atoms with van der Waals surface area (Å²) < 4.78 is 27.1. The van der Waals surface area contributed by atoms with Crippen molar-refractivity contribution in [2.45, 2.75) is 24.3 Å². The molecule has 1 heterocycles. The molecule has 118 valence electrons. The molecular formula is C11H15Cl2N3O4S. The molecule has 0 spiro atoms. The molecule has 0 radical (unpaired) electrons. The van der Waals surface area contributed by atoms with E-state index in [1.165, 1.54) is 12.1 Å². The van der Waals surface area contributed by atoms with Crippen LogP contribution in [0.25, 0.3) is 0 Å². The van der Waals surface area contributed by atoms with Gasteiger partial charge in [-0.15, -0.1) is 12.4 Å². The molecule has 1 aliphatic heterocycles. The Morgan fingerprint density at radius 3 is 2.67 bits per heavy atom. The van der Waals surface area contributed by atoms with Crippen molar-refractivity contribution in [1.82, 2.24) is 10.0 Å². The highest BCUT2D eigenvalue weighted by Gasteiger charge is 2.28. The van der Waals surface area contributed by atoms with Crippen LogP contribution in [0.15, 0.2) is 17.0 Å². The Kier molecular flexibility index (Phi) is 5.94. The van der Waals surface area contributed by atoms with Crippen LogP contribution in [0.4, 0.5) is 5.69 Å². The maximum Gasteiger partial charge on any atom is 0.289 e. The molecule has 2 N–H and O–H groups in total. The minimum Gasteiger partial charge on any atom is -0.315 e. The first kappa shape index (κ1) is 18.1. The first-order valence-electron chi connectivity index (χ1n) is 5.99. The molecule has 21 heavy (non-hydrogen) atoms. The van der Waals surface area contributed by atoms with Gasteiger partial charge in [-0.2, -0.15) is 0 Å². The highest BCUT2D eigenvalue weighted by molar-refractivity contribution is 7.89. The molecule has 7 nitrogen and oxygen atoms in total. The lowest BCUT2D eigenvalue weighted by Crippen LogP contribution is -2.36. The predicted molar refractivity (Wildman–Crippen MR) is 81.7 cm³/mol. The standard InChI is InChI=1S/C11H14ClN3O4S.ClH/c1-7-4-9(15(16)17)11(12)10(5-7)20(18,19)14-8-2-3-13-6-8;/h4-5,8,13-14H,2-3,6H2,1H3;1H. The van der Waals surface area contributed by atoms with Crippen LogP contribution in [-0.2, 0) is 10.0 Å². The van der Waals surface area contributed by atoms with E-state index in [1.54, 1.807) is 6.92 Å². The van der Waals surface area contributed by atoms with Gasteiger partial charge >= 0.3 is 0 Å². The van der Waals surface area contributed by atoms with Crippen LogP contribution in [0.2, 0.25) is 5.02 Å². The predicted octanol–water partition coefficient (Wildman–Crippen LogP) is 1.62. The molecule has 2 rings (SSSR count). The van der Waals surface area contributed by atoms with Crippen molar-refractivity contribution in [3.05, 3.63) is 32.8 Å².